The number of carboxylic acid groups (broad SMARTS) is 1. The number of nitrogens with two attached hydrogens (primary N) is 1. The summed E-state index contributed by atoms with van der Waals surface area (Å²) in [6.45, 7) is 3.49. The molecule has 5 heteroatoms. The maximum absolute atomic E-state index is 11.8. The summed E-state index contributed by atoms with van der Waals surface area (Å²) in [7, 11) is 0. The zero-order valence-corrected chi connectivity index (χ0v) is 11.2. The molecule has 0 fully saturated rings. The number of carbonyl (C=O) groups is 2. The standard InChI is InChI=1S/C14H20N2O3/c1-9(2)13(14(18)19)16-12(17)8-11(15)10-6-4-3-5-7-10/h3-7,9,11,13H,8,15H2,1-2H3,(H,16,17)(H,18,19)/t11?,13-/m1/s1. The van der Waals surface area contributed by atoms with Crippen molar-refractivity contribution in [1.82, 2.24) is 5.32 Å². The van der Waals surface area contributed by atoms with Crippen molar-refractivity contribution in [3.8, 4) is 0 Å². The molecule has 1 unspecified atom stereocenters. The first-order chi connectivity index (χ1) is 8.91. The Balaban J connectivity index is 2.58. The Morgan fingerprint density at radius 3 is 2.32 bits per heavy atom. The topological polar surface area (TPSA) is 92.4 Å². The van der Waals surface area contributed by atoms with Crippen LogP contribution in [0.4, 0.5) is 0 Å². The van der Waals surface area contributed by atoms with E-state index in [1.54, 1.807) is 13.8 Å². The van der Waals surface area contributed by atoms with E-state index in [0.29, 0.717) is 0 Å². The van der Waals surface area contributed by atoms with E-state index in [2.05, 4.69) is 5.32 Å². The second-order valence-electron chi connectivity index (χ2n) is 4.85. The number of hydrogen-bond acceptors (Lipinski definition) is 3. The second kappa shape index (κ2) is 6.89. The van der Waals surface area contributed by atoms with Crippen LogP contribution in [0.2, 0.25) is 0 Å². The zero-order valence-electron chi connectivity index (χ0n) is 11.2. The molecular formula is C14H20N2O3. The van der Waals surface area contributed by atoms with Gasteiger partial charge in [0.1, 0.15) is 6.04 Å². The Labute approximate surface area is 112 Å². The third-order valence-electron chi connectivity index (χ3n) is 2.88. The van der Waals surface area contributed by atoms with Crippen LogP contribution in [0, 0.1) is 5.92 Å². The molecule has 0 aromatic heterocycles. The minimum absolute atomic E-state index is 0.0700. The molecule has 1 amide bonds. The maximum Gasteiger partial charge on any atom is 0.326 e. The number of carboxylic acids is 1. The first kappa shape index (κ1) is 15.2. The van der Waals surface area contributed by atoms with Gasteiger partial charge in [-0.25, -0.2) is 4.79 Å². The number of carbonyl (C=O) groups excluding carboxylic acids is 1. The van der Waals surface area contributed by atoms with Gasteiger partial charge in [-0.2, -0.15) is 0 Å². The molecule has 104 valence electrons. The lowest BCUT2D eigenvalue weighted by molar-refractivity contribution is -0.143. The number of nitrogens with one attached hydrogen (secondary N) is 1. The van der Waals surface area contributed by atoms with Crippen molar-refractivity contribution in [3.05, 3.63) is 35.9 Å². The fourth-order valence-corrected chi connectivity index (χ4v) is 1.76. The summed E-state index contributed by atoms with van der Waals surface area (Å²) in [5, 5.41) is 11.5. The molecule has 0 heterocycles. The van der Waals surface area contributed by atoms with E-state index in [1.807, 2.05) is 30.3 Å². The summed E-state index contributed by atoms with van der Waals surface area (Å²) in [6, 6.07) is 7.95. The quantitative estimate of drug-likeness (QED) is 0.722. The molecule has 1 aromatic rings. The van der Waals surface area contributed by atoms with Crippen molar-refractivity contribution in [3.63, 3.8) is 0 Å². The molecule has 0 aliphatic carbocycles. The Morgan fingerprint density at radius 2 is 1.84 bits per heavy atom. The van der Waals surface area contributed by atoms with Crippen LogP contribution in [0.15, 0.2) is 30.3 Å². The van der Waals surface area contributed by atoms with Gasteiger partial charge in [0.25, 0.3) is 0 Å². The third kappa shape index (κ3) is 4.71. The molecule has 0 saturated carbocycles. The van der Waals surface area contributed by atoms with Crippen molar-refractivity contribution in [2.24, 2.45) is 11.7 Å². The van der Waals surface area contributed by atoms with Gasteiger partial charge in [-0.3, -0.25) is 4.79 Å². The van der Waals surface area contributed by atoms with Crippen LogP contribution in [0.3, 0.4) is 0 Å². The lowest BCUT2D eigenvalue weighted by atomic mass is 10.0. The van der Waals surface area contributed by atoms with Crippen LogP contribution < -0.4 is 11.1 Å². The number of aliphatic carboxylic acids is 1. The molecule has 0 aliphatic heterocycles. The lowest BCUT2D eigenvalue weighted by Gasteiger charge is -2.19. The van der Waals surface area contributed by atoms with Gasteiger partial charge in [-0.1, -0.05) is 44.2 Å². The minimum Gasteiger partial charge on any atom is -0.480 e. The normalized spacial score (nSPS) is 13.9. The molecule has 0 radical (unpaired) electrons. The largest absolute Gasteiger partial charge is 0.480 e. The van der Waals surface area contributed by atoms with Crippen molar-refractivity contribution in [2.45, 2.75) is 32.4 Å². The van der Waals surface area contributed by atoms with Crippen LogP contribution in [0.25, 0.3) is 0 Å². The molecule has 0 spiro atoms. The molecule has 0 aliphatic rings. The van der Waals surface area contributed by atoms with Gasteiger partial charge in [0.15, 0.2) is 0 Å². The summed E-state index contributed by atoms with van der Waals surface area (Å²) in [6.07, 6.45) is 0.0700. The first-order valence-electron chi connectivity index (χ1n) is 6.24. The Bertz CT molecular complexity index is 432. The van der Waals surface area contributed by atoms with Crippen LogP contribution in [-0.2, 0) is 9.59 Å². The number of benzene rings is 1. The highest BCUT2D eigenvalue weighted by Crippen LogP contribution is 2.13. The highest BCUT2D eigenvalue weighted by molar-refractivity contribution is 5.84. The third-order valence-corrected chi connectivity index (χ3v) is 2.88. The average molecular weight is 264 g/mol. The molecule has 1 aromatic carbocycles. The Hall–Kier alpha value is -1.88. The second-order valence-corrected chi connectivity index (χ2v) is 4.85. The number of amides is 1. The van der Waals surface area contributed by atoms with E-state index in [0.717, 1.165) is 5.56 Å². The molecule has 19 heavy (non-hydrogen) atoms. The highest BCUT2D eigenvalue weighted by atomic mass is 16.4. The summed E-state index contributed by atoms with van der Waals surface area (Å²) in [5.74, 6) is -1.55. The van der Waals surface area contributed by atoms with E-state index in [9.17, 15) is 9.59 Å². The van der Waals surface area contributed by atoms with Crippen LogP contribution in [0.1, 0.15) is 31.9 Å². The molecule has 0 saturated heterocycles. The van der Waals surface area contributed by atoms with Crippen LogP contribution >= 0.6 is 0 Å². The smallest absolute Gasteiger partial charge is 0.326 e. The van der Waals surface area contributed by atoms with Gasteiger partial charge in [-0.15, -0.1) is 0 Å². The lowest BCUT2D eigenvalue weighted by Crippen LogP contribution is -2.45. The van der Waals surface area contributed by atoms with Gasteiger partial charge in [0.05, 0.1) is 0 Å². The van der Waals surface area contributed by atoms with E-state index < -0.39 is 18.1 Å². The van der Waals surface area contributed by atoms with Crippen molar-refractivity contribution in [2.75, 3.05) is 0 Å². The molecular weight excluding hydrogens is 244 g/mol. The van der Waals surface area contributed by atoms with Crippen molar-refractivity contribution in [1.29, 1.82) is 0 Å². The van der Waals surface area contributed by atoms with E-state index in [1.165, 1.54) is 0 Å². The van der Waals surface area contributed by atoms with E-state index >= 15 is 0 Å². The number of hydrogen-bond donors (Lipinski definition) is 3. The van der Waals surface area contributed by atoms with Gasteiger partial charge >= 0.3 is 5.97 Å². The maximum atomic E-state index is 11.8. The highest BCUT2D eigenvalue weighted by Gasteiger charge is 2.24. The predicted octanol–water partition coefficient (Wildman–Crippen LogP) is 1.30. The SMILES string of the molecule is CC(C)[C@@H](NC(=O)CC(N)c1ccccc1)C(=O)O. The average Bonchev–Trinajstić information content (AvgIpc) is 2.36. The van der Waals surface area contributed by atoms with Gasteiger partial charge in [0, 0.05) is 12.5 Å². The van der Waals surface area contributed by atoms with Crippen LogP contribution in [0.5, 0.6) is 0 Å². The molecule has 1 rings (SSSR count). The van der Waals surface area contributed by atoms with Gasteiger partial charge < -0.3 is 16.2 Å². The van der Waals surface area contributed by atoms with Crippen LogP contribution in [-0.4, -0.2) is 23.0 Å². The van der Waals surface area contributed by atoms with Crippen molar-refractivity contribution < 1.29 is 14.7 Å². The summed E-state index contributed by atoms with van der Waals surface area (Å²) in [4.78, 5) is 22.8. The predicted molar refractivity (Wildman–Crippen MR) is 72.4 cm³/mol. The van der Waals surface area contributed by atoms with Gasteiger partial charge in [0.2, 0.25) is 5.91 Å². The monoisotopic (exact) mass is 264 g/mol. The fraction of sp³-hybridized carbons (Fsp3) is 0.429. The number of rotatable bonds is 6. The Morgan fingerprint density at radius 1 is 1.26 bits per heavy atom. The minimum atomic E-state index is -1.03. The van der Waals surface area contributed by atoms with Gasteiger partial charge in [-0.05, 0) is 11.5 Å². The summed E-state index contributed by atoms with van der Waals surface area (Å²) in [5.41, 5.74) is 6.77. The molecule has 4 N–H and O–H groups in total. The Kier molecular flexibility index (Phi) is 5.51. The fourth-order valence-electron chi connectivity index (χ4n) is 1.76. The first-order valence-corrected chi connectivity index (χ1v) is 6.24. The molecule has 5 nitrogen and oxygen atoms in total. The van der Waals surface area contributed by atoms with E-state index in [-0.39, 0.29) is 18.2 Å². The van der Waals surface area contributed by atoms with E-state index in [4.69, 9.17) is 10.8 Å². The molecule has 2 atom stereocenters. The summed E-state index contributed by atoms with van der Waals surface area (Å²) < 4.78 is 0. The summed E-state index contributed by atoms with van der Waals surface area (Å²) >= 11 is 0. The molecule has 0 bridgehead atoms. The van der Waals surface area contributed by atoms with Crippen molar-refractivity contribution >= 4 is 11.9 Å². The zero-order chi connectivity index (χ0) is 14.4.